The molecule has 2 aromatic rings. The van der Waals surface area contributed by atoms with Crippen LogP contribution in [-0.2, 0) is 0 Å². The number of rotatable bonds is 5. The number of aromatic nitrogens is 2. The van der Waals surface area contributed by atoms with E-state index in [1.807, 2.05) is 25.4 Å². The standard InChI is InChI=1S/C13H16N4OS/c1-9(13-15-5-6-19-13)7-17-12(18)11-4-3-10(14-2)8-16-11/h3-6,8-9,14H,7H2,1-2H3,(H,17,18). The van der Waals surface area contributed by atoms with Crippen LogP contribution >= 0.6 is 11.3 Å². The fourth-order valence-corrected chi connectivity index (χ4v) is 2.28. The zero-order valence-corrected chi connectivity index (χ0v) is 11.7. The molecule has 0 saturated heterocycles. The molecular weight excluding hydrogens is 260 g/mol. The normalized spacial score (nSPS) is 11.9. The minimum Gasteiger partial charge on any atom is -0.387 e. The number of hydrogen-bond donors (Lipinski definition) is 2. The first-order chi connectivity index (χ1) is 9.20. The molecule has 2 heterocycles. The van der Waals surface area contributed by atoms with Crippen molar-refractivity contribution >= 4 is 22.9 Å². The van der Waals surface area contributed by atoms with Crippen molar-refractivity contribution < 1.29 is 4.79 Å². The van der Waals surface area contributed by atoms with E-state index in [1.165, 1.54) is 0 Å². The predicted octanol–water partition coefficient (Wildman–Crippen LogP) is 2.11. The van der Waals surface area contributed by atoms with Crippen molar-refractivity contribution in [1.29, 1.82) is 0 Å². The lowest BCUT2D eigenvalue weighted by atomic mass is 10.2. The molecule has 6 heteroatoms. The highest BCUT2D eigenvalue weighted by Crippen LogP contribution is 2.16. The summed E-state index contributed by atoms with van der Waals surface area (Å²) in [6.07, 6.45) is 3.41. The highest BCUT2D eigenvalue weighted by molar-refractivity contribution is 7.09. The number of nitrogens with one attached hydrogen (secondary N) is 2. The molecule has 0 radical (unpaired) electrons. The summed E-state index contributed by atoms with van der Waals surface area (Å²) in [5, 5.41) is 8.79. The summed E-state index contributed by atoms with van der Waals surface area (Å²) in [6, 6.07) is 3.53. The number of anilines is 1. The average molecular weight is 276 g/mol. The number of hydrogen-bond acceptors (Lipinski definition) is 5. The van der Waals surface area contributed by atoms with E-state index in [-0.39, 0.29) is 11.8 Å². The number of nitrogens with zero attached hydrogens (tertiary/aromatic N) is 2. The molecule has 2 aromatic heterocycles. The Hall–Kier alpha value is -1.95. The molecule has 1 atom stereocenters. The third-order valence-corrected chi connectivity index (χ3v) is 3.73. The Bertz CT molecular complexity index is 524. The first-order valence-electron chi connectivity index (χ1n) is 6.02. The number of carbonyl (C=O) groups is 1. The van der Waals surface area contributed by atoms with Gasteiger partial charge in [-0.25, -0.2) is 9.97 Å². The zero-order valence-electron chi connectivity index (χ0n) is 10.9. The van der Waals surface area contributed by atoms with Crippen molar-refractivity contribution in [2.45, 2.75) is 12.8 Å². The van der Waals surface area contributed by atoms with Gasteiger partial charge in [0, 0.05) is 31.1 Å². The average Bonchev–Trinajstić information content (AvgIpc) is 2.98. The van der Waals surface area contributed by atoms with Gasteiger partial charge in [0.15, 0.2) is 0 Å². The van der Waals surface area contributed by atoms with Gasteiger partial charge in [0.1, 0.15) is 5.69 Å². The lowest BCUT2D eigenvalue weighted by Gasteiger charge is -2.10. The second-order valence-electron chi connectivity index (χ2n) is 4.16. The van der Waals surface area contributed by atoms with Crippen molar-refractivity contribution in [3.05, 3.63) is 40.6 Å². The van der Waals surface area contributed by atoms with Crippen molar-refractivity contribution in [3.63, 3.8) is 0 Å². The largest absolute Gasteiger partial charge is 0.387 e. The molecule has 1 amide bonds. The van der Waals surface area contributed by atoms with E-state index in [2.05, 4.69) is 20.6 Å². The minimum atomic E-state index is -0.161. The van der Waals surface area contributed by atoms with Crippen LogP contribution in [0.25, 0.3) is 0 Å². The van der Waals surface area contributed by atoms with Crippen LogP contribution in [0.5, 0.6) is 0 Å². The molecule has 100 valence electrons. The summed E-state index contributed by atoms with van der Waals surface area (Å²) >= 11 is 1.60. The summed E-state index contributed by atoms with van der Waals surface area (Å²) in [5.41, 5.74) is 1.30. The Morgan fingerprint density at radius 2 is 2.26 bits per heavy atom. The first kappa shape index (κ1) is 13.5. The first-order valence-corrected chi connectivity index (χ1v) is 6.90. The minimum absolute atomic E-state index is 0.161. The van der Waals surface area contributed by atoms with Crippen LogP contribution < -0.4 is 10.6 Å². The quantitative estimate of drug-likeness (QED) is 0.877. The van der Waals surface area contributed by atoms with Crippen LogP contribution in [0.1, 0.15) is 28.3 Å². The SMILES string of the molecule is CNc1ccc(C(=O)NCC(C)c2nccs2)nc1. The monoisotopic (exact) mass is 276 g/mol. The molecule has 2 rings (SSSR count). The van der Waals surface area contributed by atoms with E-state index >= 15 is 0 Å². The summed E-state index contributed by atoms with van der Waals surface area (Å²) in [4.78, 5) is 20.2. The van der Waals surface area contributed by atoms with Crippen LogP contribution in [-0.4, -0.2) is 29.5 Å². The molecule has 19 heavy (non-hydrogen) atoms. The van der Waals surface area contributed by atoms with E-state index in [0.717, 1.165) is 10.7 Å². The smallest absolute Gasteiger partial charge is 0.269 e. The predicted molar refractivity (Wildman–Crippen MR) is 76.6 cm³/mol. The summed E-state index contributed by atoms with van der Waals surface area (Å²) in [7, 11) is 1.81. The van der Waals surface area contributed by atoms with Gasteiger partial charge >= 0.3 is 0 Å². The molecule has 0 aliphatic heterocycles. The third kappa shape index (κ3) is 3.51. The second-order valence-corrected chi connectivity index (χ2v) is 5.09. The van der Waals surface area contributed by atoms with Gasteiger partial charge in [-0.05, 0) is 12.1 Å². The lowest BCUT2D eigenvalue weighted by molar-refractivity contribution is 0.0946. The van der Waals surface area contributed by atoms with Crippen molar-refractivity contribution in [2.75, 3.05) is 18.9 Å². The summed E-state index contributed by atoms with van der Waals surface area (Å²) in [6.45, 7) is 2.60. The second kappa shape index (κ2) is 6.29. The number of thiazole rings is 1. The van der Waals surface area contributed by atoms with Gasteiger partial charge in [-0.3, -0.25) is 4.79 Å². The van der Waals surface area contributed by atoms with Crippen LogP contribution in [0, 0.1) is 0 Å². The fraction of sp³-hybridized carbons (Fsp3) is 0.308. The molecule has 5 nitrogen and oxygen atoms in total. The molecule has 0 spiro atoms. The number of pyridine rings is 1. The van der Waals surface area contributed by atoms with E-state index in [1.54, 1.807) is 29.8 Å². The summed E-state index contributed by atoms with van der Waals surface area (Å²) in [5.74, 6) is 0.0478. The Labute approximate surface area is 116 Å². The Morgan fingerprint density at radius 3 is 2.84 bits per heavy atom. The topological polar surface area (TPSA) is 66.9 Å². The highest BCUT2D eigenvalue weighted by Gasteiger charge is 2.11. The molecule has 1 unspecified atom stereocenters. The molecule has 0 aliphatic rings. The van der Waals surface area contributed by atoms with Gasteiger partial charge in [-0.1, -0.05) is 6.92 Å². The lowest BCUT2D eigenvalue weighted by Crippen LogP contribution is -2.28. The third-order valence-electron chi connectivity index (χ3n) is 2.73. The highest BCUT2D eigenvalue weighted by atomic mass is 32.1. The molecule has 0 aromatic carbocycles. The zero-order chi connectivity index (χ0) is 13.7. The van der Waals surface area contributed by atoms with Gasteiger partial charge in [0.2, 0.25) is 0 Å². The Kier molecular flexibility index (Phi) is 4.46. The molecular formula is C13H16N4OS. The maximum atomic E-state index is 11.9. The molecule has 0 fully saturated rings. The van der Waals surface area contributed by atoms with E-state index < -0.39 is 0 Å². The molecule has 0 aliphatic carbocycles. The van der Waals surface area contributed by atoms with Gasteiger partial charge in [0.05, 0.1) is 16.9 Å². The number of carbonyl (C=O) groups excluding carboxylic acids is 1. The summed E-state index contributed by atoms with van der Waals surface area (Å²) < 4.78 is 0. The van der Waals surface area contributed by atoms with E-state index in [4.69, 9.17) is 0 Å². The Balaban J connectivity index is 1.90. The number of amides is 1. The van der Waals surface area contributed by atoms with Crippen molar-refractivity contribution in [2.24, 2.45) is 0 Å². The molecule has 0 saturated carbocycles. The van der Waals surface area contributed by atoms with E-state index in [0.29, 0.717) is 12.2 Å². The fourth-order valence-electron chi connectivity index (χ4n) is 1.58. The van der Waals surface area contributed by atoms with Crippen molar-refractivity contribution in [1.82, 2.24) is 15.3 Å². The van der Waals surface area contributed by atoms with Gasteiger partial charge in [-0.15, -0.1) is 11.3 Å². The molecule has 2 N–H and O–H groups in total. The molecule has 0 bridgehead atoms. The maximum Gasteiger partial charge on any atom is 0.269 e. The van der Waals surface area contributed by atoms with Crippen LogP contribution in [0.3, 0.4) is 0 Å². The van der Waals surface area contributed by atoms with Crippen molar-refractivity contribution in [3.8, 4) is 0 Å². The van der Waals surface area contributed by atoms with Crippen LogP contribution in [0.2, 0.25) is 0 Å². The van der Waals surface area contributed by atoms with Gasteiger partial charge in [-0.2, -0.15) is 0 Å². The van der Waals surface area contributed by atoms with Crippen LogP contribution in [0.15, 0.2) is 29.9 Å². The maximum absolute atomic E-state index is 11.9. The van der Waals surface area contributed by atoms with Gasteiger partial charge < -0.3 is 10.6 Å². The van der Waals surface area contributed by atoms with Gasteiger partial charge in [0.25, 0.3) is 5.91 Å². The Morgan fingerprint density at radius 1 is 1.42 bits per heavy atom. The van der Waals surface area contributed by atoms with E-state index in [9.17, 15) is 4.79 Å². The van der Waals surface area contributed by atoms with Crippen LogP contribution in [0.4, 0.5) is 5.69 Å².